The van der Waals surface area contributed by atoms with Gasteiger partial charge in [0.2, 0.25) is 5.91 Å². The number of carbonyl (C=O) groups excluding carboxylic acids is 1. The van der Waals surface area contributed by atoms with E-state index in [1.54, 1.807) is 0 Å². The number of pyridine rings is 1. The van der Waals surface area contributed by atoms with Gasteiger partial charge in [-0.1, -0.05) is 6.07 Å². The maximum Gasteiger partial charge on any atom is 0.228 e. The van der Waals surface area contributed by atoms with Gasteiger partial charge in [-0.25, -0.2) is 4.98 Å². The van der Waals surface area contributed by atoms with Gasteiger partial charge in [-0.3, -0.25) is 9.69 Å². The highest BCUT2D eigenvalue weighted by molar-refractivity contribution is 5.79. The second kappa shape index (κ2) is 5.96. The summed E-state index contributed by atoms with van der Waals surface area (Å²) < 4.78 is 2.05. The largest absolute Gasteiger partial charge is 0.341 e. The Morgan fingerprint density at radius 3 is 3.04 bits per heavy atom. The lowest BCUT2D eigenvalue weighted by Gasteiger charge is -2.25. The number of hydrogen-bond donors (Lipinski definition) is 0. The lowest BCUT2D eigenvalue weighted by Crippen LogP contribution is -2.40. The Bertz CT molecular complexity index is 723. The summed E-state index contributed by atoms with van der Waals surface area (Å²) >= 11 is 0. The summed E-state index contributed by atoms with van der Waals surface area (Å²) in [6, 6.07) is 6.54. The summed E-state index contributed by atoms with van der Waals surface area (Å²) in [4.78, 5) is 22.1. The third-order valence-electron chi connectivity index (χ3n) is 5.30. The predicted molar refractivity (Wildman–Crippen MR) is 89.4 cm³/mol. The molecule has 0 aliphatic carbocycles. The van der Waals surface area contributed by atoms with Crippen LogP contribution in [0.3, 0.4) is 0 Å². The molecule has 0 bridgehead atoms. The Kier molecular flexibility index (Phi) is 3.81. The summed E-state index contributed by atoms with van der Waals surface area (Å²) in [5.74, 6) is 0.243. The van der Waals surface area contributed by atoms with Crippen molar-refractivity contribution in [1.29, 1.82) is 0 Å². The quantitative estimate of drug-likeness (QED) is 0.850. The Hall–Kier alpha value is -1.88. The number of carbonyl (C=O) groups is 1. The molecule has 1 atom stereocenters. The molecule has 2 fully saturated rings. The normalized spacial score (nSPS) is 22.3. The Morgan fingerprint density at radius 1 is 1.26 bits per heavy atom. The molecule has 0 aromatic carbocycles. The van der Waals surface area contributed by atoms with E-state index in [1.807, 2.05) is 35.7 Å². The van der Waals surface area contributed by atoms with E-state index in [0.29, 0.717) is 12.5 Å². The van der Waals surface area contributed by atoms with Crippen LogP contribution in [0.4, 0.5) is 0 Å². The minimum atomic E-state index is 0.243. The SMILES string of the molecule is Cc1nc2ccccn2c1CC(=O)N1CCCN2CCC[C@H]2C1. The van der Waals surface area contributed by atoms with Gasteiger partial charge in [0.05, 0.1) is 17.8 Å². The Balaban J connectivity index is 1.53. The van der Waals surface area contributed by atoms with E-state index in [9.17, 15) is 4.79 Å². The highest BCUT2D eigenvalue weighted by Crippen LogP contribution is 2.22. The van der Waals surface area contributed by atoms with Crippen molar-refractivity contribution in [2.24, 2.45) is 0 Å². The first kappa shape index (κ1) is 14.7. The zero-order valence-corrected chi connectivity index (χ0v) is 13.7. The molecule has 2 aliphatic heterocycles. The monoisotopic (exact) mass is 312 g/mol. The maximum absolute atomic E-state index is 12.9. The lowest BCUT2D eigenvalue weighted by molar-refractivity contribution is -0.130. The number of imidazole rings is 1. The van der Waals surface area contributed by atoms with Crippen LogP contribution in [-0.4, -0.2) is 57.3 Å². The fraction of sp³-hybridized carbons (Fsp3) is 0.556. The average molecular weight is 312 g/mol. The van der Waals surface area contributed by atoms with Crippen molar-refractivity contribution in [3.8, 4) is 0 Å². The molecular formula is C18H24N4O. The van der Waals surface area contributed by atoms with Gasteiger partial charge in [-0.2, -0.15) is 0 Å². The van der Waals surface area contributed by atoms with Gasteiger partial charge >= 0.3 is 0 Å². The third kappa shape index (κ3) is 2.74. The van der Waals surface area contributed by atoms with Crippen molar-refractivity contribution < 1.29 is 4.79 Å². The number of nitrogens with zero attached hydrogens (tertiary/aromatic N) is 4. The number of amides is 1. The smallest absolute Gasteiger partial charge is 0.228 e. The standard InChI is InChI=1S/C18H24N4O/c1-14-16(22-11-3-2-7-17(22)19-14)12-18(23)21-10-5-9-20-8-4-6-15(20)13-21/h2-3,7,11,15H,4-6,8-10,12-13H2,1H3/t15-/m0/s1. The molecule has 2 aromatic heterocycles. The molecule has 0 N–H and O–H groups in total. The molecule has 4 heterocycles. The molecule has 0 radical (unpaired) electrons. The second-order valence-corrected chi connectivity index (χ2v) is 6.77. The topological polar surface area (TPSA) is 40.9 Å². The number of fused-ring (bicyclic) bond motifs is 2. The van der Waals surface area contributed by atoms with Crippen molar-refractivity contribution in [3.63, 3.8) is 0 Å². The number of hydrogen-bond acceptors (Lipinski definition) is 3. The van der Waals surface area contributed by atoms with Gasteiger partial charge in [0, 0.05) is 31.9 Å². The van der Waals surface area contributed by atoms with E-state index in [0.717, 1.165) is 43.1 Å². The van der Waals surface area contributed by atoms with Gasteiger partial charge < -0.3 is 9.30 Å². The van der Waals surface area contributed by atoms with Gasteiger partial charge in [-0.05, 0) is 44.9 Å². The highest BCUT2D eigenvalue weighted by Gasteiger charge is 2.30. The average Bonchev–Trinajstić information content (AvgIpc) is 3.05. The van der Waals surface area contributed by atoms with Crippen LogP contribution >= 0.6 is 0 Å². The molecule has 2 aromatic rings. The fourth-order valence-corrected chi connectivity index (χ4v) is 4.07. The maximum atomic E-state index is 12.9. The van der Waals surface area contributed by atoms with E-state index in [4.69, 9.17) is 0 Å². The molecule has 0 unspecified atom stereocenters. The number of aromatic nitrogens is 2. The van der Waals surface area contributed by atoms with Crippen LogP contribution in [0.25, 0.3) is 5.65 Å². The van der Waals surface area contributed by atoms with E-state index in [1.165, 1.54) is 19.4 Å². The molecule has 4 rings (SSSR count). The molecule has 23 heavy (non-hydrogen) atoms. The van der Waals surface area contributed by atoms with Crippen molar-refractivity contribution in [3.05, 3.63) is 35.8 Å². The first-order valence-corrected chi connectivity index (χ1v) is 8.67. The predicted octanol–water partition coefficient (Wildman–Crippen LogP) is 1.88. The minimum Gasteiger partial charge on any atom is -0.341 e. The first-order chi connectivity index (χ1) is 11.2. The zero-order chi connectivity index (χ0) is 15.8. The molecule has 2 saturated heterocycles. The Morgan fingerprint density at radius 2 is 2.13 bits per heavy atom. The molecule has 5 nitrogen and oxygen atoms in total. The molecule has 0 spiro atoms. The number of rotatable bonds is 2. The van der Waals surface area contributed by atoms with E-state index >= 15 is 0 Å². The molecule has 0 saturated carbocycles. The fourth-order valence-electron chi connectivity index (χ4n) is 4.07. The molecule has 5 heteroatoms. The highest BCUT2D eigenvalue weighted by atomic mass is 16.2. The summed E-state index contributed by atoms with van der Waals surface area (Å²) in [6.07, 6.45) is 6.05. The van der Waals surface area contributed by atoms with Crippen molar-refractivity contribution in [2.75, 3.05) is 26.2 Å². The second-order valence-electron chi connectivity index (χ2n) is 6.77. The lowest BCUT2D eigenvalue weighted by atomic mass is 10.2. The van der Waals surface area contributed by atoms with Crippen molar-refractivity contribution in [1.82, 2.24) is 19.2 Å². The van der Waals surface area contributed by atoms with Crippen LogP contribution in [0.1, 0.15) is 30.7 Å². The zero-order valence-electron chi connectivity index (χ0n) is 13.7. The van der Waals surface area contributed by atoms with Crippen molar-refractivity contribution >= 4 is 11.6 Å². The third-order valence-corrected chi connectivity index (χ3v) is 5.30. The van der Waals surface area contributed by atoms with Crippen LogP contribution in [0, 0.1) is 6.92 Å². The van der Waals surface area contributed by atoms with E-state index in [2.05, 4.69) is 14.8 Å². The van der Waals surface area contributed by atoms with E-state index < -0.39 is 0 Å². The summed E-state index contributed by atoms with van der Waals surface area (Å²) in [5, 5.41) is 0. The Labute approximate surface area is 136 Å². The first-order valence-electron chi connectivity index (χ1n) is 8.67. The van der Waals surface area contributed by atoms with Crippen LogP contribution < -0.4 is 0 Å². The molecular weight excluding hydrogens is 288 g/mol. The van der Waals surface area contributed by atoms with Crippen LogP contribution in [0.15, 0.2) is 24.4 Å². The molecule has 122 valence electrons. The van der Waals surface area contributed by atoms with Crippen molar-refractivity contribution in [2.45, 2.75) is 38.6 Å². The van der Waals surface area contributed by atoms with Crippen LogP contribution in [0.5, 0.6) is 0 Å². The van der Waals surface area contributed by atoms with Gasteiger partial charge in [0.1, 0.15) is 5.65 Å². The van der Waals surface area contributed by atoms with Crippen LogP contribution in [-0.2, 0) is 11.2 Å². The summed E-state index contributed by atoms with van der Waals surface area (Å²) in [7, 11) is 0. The number of aryl methyl sites for hydroxylation is 1. The van der Waals surface area contributed by atoms with Crippen LogP contribution in [0.2, 0.25) is 0 Å². The van der Waals surface area contributed by atoms with Gasteiger partial charge in [0.15, 0.2) is 0 Å². The molecule has 1 amide bonds. The summed E-state index contributed by atoms with van der Waals surface area (Å²) in [6.45, 7) is 6.13. The van der Waals surface area contributed by atoms with Gasteiger partial charge in [0.25, 0.3) is 0 Å². The molecule has 2 aliphatic rings. The van der Waals surface area contributed by atoms with Gasteiger partial charge in [-0.15, -0.1) is 0 Å². The summed E-state index contributed by atoms with van der Waals surface area (Å²) in [5.41, 5.74) is 2.91. The van der Waals surface area contributed by atoms with E-state index in [-0.39, 0.29) is 5.91 Å². The minimum absolute atomic E-state index is 0.243.